The molecule has 0 bridgehead atoms. The maximum absolute atomic E-state index is 14.7. The van der Waals surface area contributed by atoms with Gasteiger partial charge in [-0.2, -0.15) is 13.9 Å². The average Bonchev–Trinajstić information content (AvgIpc) is 3.50. The van der Waals surface area contributed by atoms with Gasteiger partial charge in [0.1, 0.15) is 6.42 Å². The van der Waals surface area contributed by atoms with Gasteiger partial charge in [0.15, 0.2) is 5.65 Å². The molecular weight excluding hydrogens is 538 g/mol. The number of thiazole rings is 1. The fourth-order valence-electron chi connectivity index (χ4n) is 4.41. The number of pyridine rings is 1. The number of carboxylic acids is 1. The van der Waals surface area contributed by atoms with Crippen LogP contribution in [0, 0.1) is 6.92 Å². The second-order valence-corrected chi connectivity index (χ2v) is 10.1. The zero-order chi connectivity index (χ0) is 27.2. The Balaban J connectivity index is 1.70. The second-order valence-electron chi connectivity index (χ2n) is 8.84. The van der Waals surface area contributed by atoms with Crippen molar-refractivity contribution in [3.8, 4) is 11.1 Å². The fourth-order valence-corrected chi connectivity index (χ4v) is 5.35. The minimum Gasteiger partial charge on any atom is -0.481 e. The molecule has 1 aliphatic heterocycles. The van der Waals surface area contributed by atoms with Crippen molar-refractivity contribution in [3.05, 3.63) is 86.1 Å². The van der Waals surface area contributed by atoms with Crippen LogP contribution in [0.1, 0.15) is 35.6 Å². The molecule has 8 nitrogen and oxygen atoms in total. The summed E-state index contributed by atoms with van der Waals surface area (Å²) < 4.78 is 30.0. The number of hydrogen-bond acceptors (Lipinski definition) is 6. The van der Waals surface area contributed by atoms with Gasteiger partial charge in [-0.1, -0.05) is 53.6 Å². The lowest BCUT2D eigenvalue weighted by Gasteiger charge is -2.25. The van der Waals surface area contributed by atoms with Crippen LogP contribution in [0.4, 0.5) is 8.78 Å². The molecule has 0 radical (unpaired) electrons. The number of carbonyl (C=O) groups is 2. The van der Waals surface area contributed by atoms with Crippen molar-refractivity contribution in [1.82, 2.24) is 15.0 Å². The SMILES string of the molecule is Cc1ccc([C@@H]2CC(c3c(-c4ccc(Cl)cc4)c4scnc4[nH]c3=O)=NN2C(=O)C(F)(F)CC(=O)O)cc1. The third-order valence-electron chi connectivity index (χ3n) is 6.19. The van der Waals surface area contributed by atoms with Gasteiger partial charge in [-0.25, -0.2) is 9.99 Å². The van der Waals surface area contributed by atoms with Crippen molar-refractivity contribution in [2.75, 3.05) is 0 Å². The number of aromatic amines is 1. The number of amides is 1. The summed E-state index contributed by atoms with van der Waals surface area (Å²) in [5.74, 6) is -7.79. The molecule has 1 amide bonds. The van der Waals surface area contributed by atoms with E-state index in [0.717, 1.165) is 5.56 Å². The summed E-state index contributed by atoms with van der Waals surface area (Å²) in [6.07, 6.45) is -1.73. The minimum atomic E-state index is -4.21. The summed E-state index contributed by atoms with van der Waals surface area (Å²) in [5, 5.41) is 14.3. The lowest BCUT2D eigenvalue weighted by molar-refractivity contribution is -0.167. The number of nitrogens with zero attached hydrogens (tertiary/aromatic N) is 3. The highest BCUT2D eigenvalue weighted by atomic mass is 35.5. The zero-order valence-corrected chi connectivity index (χ0v) is 21.3. The zero-order valence-electron chi connectivity index (χ0n) is 19.7. The topological polar surface area (TPSA) is 116 Å². The number of aromatic nitrogens is 2. The Morgan fingerprint density at radius 2 is 1.84 bits per heavy atom. The summed E-state index contributed by atoms with van der Waals surface area (Å²) in [5.41, 5.74) is 4.12. The Morgan fingerprint density at radius 3 is 2.50 bits per heavy atom. The number of benzene rings is 2. The van der Waals surface area contributed by atoms with Gasteiger partial charge in [0.25, 0.3) is 5.56 Å². The number of rotatable bonds is 6. The minimum absolute atomic E-state index is 0.0497. The van der Waals surface area contributed by atoms with Gasteiger partial charge >= 0.3 is 17.8 Å². The fraction of sp³-hybridized carbons (Fsp3) is 0.192. The number of hydrogen-bond donors (Lipinski definition) is 2. The molecule has 0 saturated carbocycles. The molecule has 1 aliphatic rings. The van der Waals surface area contributed by atoms with Crippen molar-refractivity contribution in [1.29, 1.82) is 0 Å². The van der Waals surface area contributed by atoms with Crippen molar-refractivity contribution < 1.29 is 23.5 Å². The predicted octanol–water partition coefficient (Wildman–Crippen LogP) is 5.40. The number of fused-ring (bicyclic) bond motifs is 1. The maximum Gasteiger partial charge on any atom is 0.337 e. The van der Waals surface area contributed by atoms with Gasteiger partial charge in [0, 0.05) is 17.0 Å². The van der Waals surface area contributed by atoms with E-state index in [2.05, 4.69) is 15.1 Å². The standard InChI is InChI=1S/C26H19ClF2N4O4S/c1-13-2-4-14(5-3-13)18-10-17(32-33(18)25(37)26(28,29)11-19(34)35)21-20(15-6-8-16(27)9-7-15)22-23(30-12-38-22)31-24(21)36/h2-9,12,18H,10-11H2,1H3,(H,31,36)(H,34,35)/t18-/m0/s1. The largest absolute Gasteiger partial charge is 0.481 e. The molecule has 0 saturated heterocycles. The van der Waals surface area contributed by atoms with E-state index in [9.17, 15) is 23.2 Å². The lowest BCUT2D eigenvalue weighted by Crippen LogP contribution is -2.42. The van der Waals surface area contributed by atoms with E-state index in [1.165, 1.54) is 11.3 Å². The molecule has 0 fully saturated rings. The van der Waals surface area contributed by atoms with Gasteiger partial charge in [-0.15, -0.1) is 11.3 Å². The first-order valence-electron chi connectivity index (χ1n) is 11.4. The summed E-state index contributed by atoms with van der Waals surface area (Å²) in [7, 11) is 0. The highest BCUT2D eigenvalue weighted by Crippen LogP contribution is 2.39. The molecule has 0 spiro atoms. The molecule has 5 rings (SSSR count). The van der Waals surface area contributed by atoms with Crippen LogP contribution >= 0.6 is 22.9 Å². The molecule has 1 atom stereocenters. The Labute approximate surface area is 223 Å². The van der Waals surface area contributed by atoms with Crippen LogP contribution in [0.15, 0.2) is 63.9 Å². The third-order valence-corrected chi connectivity index (χ3v) is 7.29. The Kier molecular flexibility index (Phi) is 6.58. The quantitative estimate of drug-likeness (QED) is 0.330. The van der Waals surface area contributed by atoms with Gasteiger partial charge < -0.3 is 10.1 Å². The maximum atomic E-state index is 14.7. The van der Waals surface area contributed by atoms with Crippen LogP contribution in [-0.4, -0.2) is 43.6 Å². The molecule has 0 aliphatic carbocycles. The van der Waals surface area contributed by atoms with Crippen LogP contribution in [0.25, 0.3) is 21.5 Å². The molecular formula is C26H19ClF2N4O4S. The highest BCUT2D eigenvalue weighted by Gasteiger charge is 2.49. The first kappa shape index (κ1) is 25.7. The molecule has 194 valence electrons. The first-order chi connectivity index (χ1) is 18.0. The number of alkyl halides is 2. The Bertz CT molecular complexity index is 1650. The number of carboxylic acid groups (broad SMARTS) is 1. The van der Waals surface area contributed by atoms with Crippen molar-refractivity contribution >= 4 is 50.9 Å². The van der Waals surface area contributed by atoms with Crippen LogP contribution in [0.5, 0.6) is 0 Å². The van der Waals surface area contributed by atoms with Crippen molar-refractivity contribution in [2.45, 2.75) is 31.7 Å². The Hall–Kier alpha value is -3.96. The average molecular weight is 557 g/mol. The van der Waals surface area contributed by atoms with E-state index < -0.39 is 35.8 Å². The molecule has 3 heterocycles. The number of carbonyl (C=O) groups excluding carboxylic acids is 1. The van der Waals surface area contributed by atoms with Gasteiger partial charge in [0.05, 0.1) is 27.5 Å². The molecule has 2 aromatic heterocycles. The van der Waals surface area contributed by atoms with Crippen molar-refractivity contribution in [2.24, 2.45) is 5.10 Å². The highest BCUT2D eigenvalue weighted by molar-refractivity contribution is 7.17. The smallest absolute Gasteiger partial charge is 0.337 e. The number of aryl methyl sites for hydroxylation is 1. The predicted molar refractivity (Wildman–Crippen MR) is 140 cm³/mol. The van der Waals surface area contributed by atoms with Gasteiger partial charge in [-0.05, 0) is 30.2 Å². The van der Waals surface area contributed by atoms with Gasteiger partial charge in [-0.3, -0.25) is 14.4 Å². The number of halogens is 3. The van der Waals surface area contributed by atoms with Crippen LogP contribution in [0.3, 0.4) is 0 Å². The monoisotopic (exact) mass is 556 g/mol. The Morgan fingerprint density at radius 1 is 1.16 bits per heavy atom. The summed E-state index contributed by atoms with van der Waals surface area (Å²) in [4.78, 5) is 44.3. The van der Waals surface area contributed by atoms with Crippen LogP contribution < -0.4 is 5.56 Å². The van der Waals surface area contributed by atoms with Crippen LogP contribution in [0.2, 0.25) is 5.02 Å². The normalized spacial score (nSPS) is 15.6. The lowest BCUT2D eigenvalue weighted by atomic mass is 9.93. The summed E-state index contributed by atoms with van der Waals surface area (Å²) >= 11 is 7.34. The van der Waals surface area contributed by atoms with E-state index in [-0.39, 0.29) is 17.7 Å². The van der Waals surface area contributed by atoms with E-state index in [0.29, 0.717) is 37.1 Å². The second kappa shape index (κ2) is 9.73. The first-order valence-corrected chi connectivity index (χ1v) is 12.6. The summed E-state index contributed by atoms with van der Waals surface area (Å²) in [6.45, 7) is 1.85. The van der Waals surface area contributed by atoms with Crippen molar-refractivity contribution in [3.63, 3.8) is 0 Å². The number of nitrogens with one attached hydrogen (secondary N) is 1. The number of aliphatic carboxylic acids is 1. The van der Waals surface area contributed by atoms with E-state index in [4.69, 9.17) is 16.7 Å². The number of H-pyrrole nitrogens is 1. The molecule has 2 aromatic carbocycles. The molecule has 12 heteroatoms. The number of hydrazone groups is 1. The third kappa shape index (κ3) is 4.70. The van der Waals surface area contributed by atoms with Crippen LogP contribution in [-0.2, 0) is 9.59 Å². The van der Waals surface area contributed by atoms with Gasteiger partial charge in [0.2, 0.25) is 0 Å². The van der Waals surface area contributed by atoms with E-state index in [1.54, 1.807) is 54.0 Å². The summed E-state index contributed by atoms with van der Waals surface area (Å²) in [6, 6.07) is 12.7. The molecule has 4 aromatic rings. The molecule has 0 unspecified atom stereocenters. The van der Waals surface area contributed by atoms with E-state index >= 15 is 0 Å². The molecule has 2 N–H and O–H groups in total. The van der Waals surface area contributed by atoms with E-state index in [1.807, 2.05) is 6.92 Å². The molecule has 38 heavy (non-hydrogen) atoms.